The summed E-state index contributed by atoms with van der Waals surface area (Å²) in [6.45, 7) is 4.55. The zero-order valence-corrected chi connectivity index (χ0v) is 17.3. The van der Waals surface area contributed by atoms with Gasteiger partial charge in [-0.05, 0) is 43.2 Å². The Balaban J connectivity index is 1.83. The number of hydrogen-bond acceptors (Lipinski definition) is 3. The Morgan fingerprint density at radius 2 is 1.75 bits per heavy atom. The summed E-state index contributed by atoms with van der Waals surface area (Å²) in [6.07, 6.45) is 0.928. The van der Waals surface area contributed by atoms with Crippen LogP contribution in [0.25, 0.3) is 0 Å². The van der Waals surface area contributed by atoms with E-state index in [0.29, 0.717) is 24.6 Å². The van der Waals surface area contributed by atoms with Crippen molar-refractivity contribution in [3.8, 4) is 5.75 Å². The zero-order chi connectivity index (χ0) is 20.5. The number of hydrogen-bond donors (Lipinski definition) is 1. The Hall–Kier alpha value is -2.53. The number of nitrogens with one attached hydrogen (secondary N) is 1. The second-order valence-electron chi connectivity index (χ2n) is 6.84. The van der Waals surface area contributed by atoms with E-state index in [9.17, 15) is 9.59 Å². The van der Waals surface area contributed by atoms with Crippen LogP contribution in [0.5, 0.6) is 5.75 Å². The molecule has 0 aliphatic carbocycles. The topological polar surface area (TPSA) is 58.6 Å². The van der Waals surface area contributed by atoms with Crippen LogP contribution in [0.15, 0.2) is 48.5 Å². The standard InChI is InChI=1S/C22H27ClN2O3/c1-16-5-7-18(8-6-16)21(24-17(2)26)15-22(27)25(3)13-4-14-28-20-11-9-19(23)10-12-20/h5-12,21H,4,13-15H2,1-3H3,(H,24,26). The molecular formula is C22H27ClN2O3. The summed E-state index contributed by atoms with van der Waals surface area (Å²) in [7, 11) is 1.77. The Bertz CT molecular complexity index is 775. The summed E-state index contributed by atoms with van der Waals surface area (Å²) in [5.41, 5.74) is 2.06. The molecule has 6 heteroatoms. The molecular weight excluding hydrogens is 376 g/mol. The van der Waals surface area contributed by atoms with Crippen molar-refractivity contribution in [3.63, 3.8) is 0 Å². The van der Waals surface area contributed by atoms with Crippen molar-refractivity contribution < 1.29 is 14.3 Å². The summed E-state index contributed by atoms with van der Waals surface area (Å²) in [5, 5.41) is 3.54. The number of carbonyl (C=O) groups excluding carboxylic acids is 2. The molecule has 2 amide bonds. The fourth-order valence-corrected chi connectivity index (χ4v) is 2.90. The molecule has 2 rings (SSSR count). The van der Waals surface area contributed by atoms with E-state index >= 15 is 0 Å². The second-order valence-corrected chi connectivity index (χ2v) is 7.28. The summed E-state index contributed by atoms with van der Waals surface area (Å²) in [6, 6.07) is 14.7. The number of amides is 2. The molecule has 0 saturated heterocycles. The summed E-state index contributed by atoms with van der Waals surface area (Å²) < 4.78 is 5.65. The molecule has 0 spiro atoms. The van der Waals surface area contributed by atoms with Gasteiger partial charge in [-0.1, -0.05) is 41.4 Å². The van der Waals surface area contributed by atoms with Gasteiger partial charge in [-0.25, -0.2) is 0 Å². The number of ether oxygens (including phenoxy) is 1. The molecule has 0 bridgehead atoms. The normalized spacial score (nSPS) is 11.6. The van der Waals surface area contributed by atoms with Crippen molar-refractivity contribution in [2.45, 2.75) is 32.7 Å². The fourth-order valence-electron chi connectivity index (χ4n) is 2.77. The van der Waals surface area contributed by atoms with E-state index in [4.69, 9.17) is 16.3 Å². The highest BCUT2D eigenvalue weighted by Crippen LogP contribution is 2.19. The number of nitrogens with zero attached hydrogens (tertiary/aromatic N) is 1. The first-order valence-corrected chi connectivity index (χ1v) is 9.69. The van der Waals surface area contributed by atoms with E-state index in [1.54, 1.807) is 24.1 Å². The highest BCUT2D eigenvalue weighted by atomic mass is 35.5. The van der Waals surface area contributed by atoms with Gasteiger partial charge < -0.3 is 15.0 Å². The van der Waals surface area contributed by atoms with Gasteiger partial charge in [0.1, 0.15) is 5.75 Å². The average Bonchev–Trinajstić information content (AvgIpc) is 2.66. The minimum absolute atomic E-state index is 0.0224. The number of carbonyl (C=O) groups is 2. The van der Waals surface area contributed by atoms with Gasteiger partial charge in [0.2, 0.25) is 11.8 Å². The fraction of sp³-hybridized carbons (Fsp3) is 0.364. The second kappa shape index (κ2) is 10.7. The van der Waals surface area contributed by atoms with Crippen LogP contribution >= 0.6 is 11.6 Å². The van der Waals surface area contributed by atoms with Gasteiger partial charge in [0, 0.05) is 25.5 Å². The van der Waals surface area contributed by atoms with E-state index in [1.807, 2.05) is 43.3 Å². The molecule has 1 atom stereocenters. The van der Waals surface area contributed by atoms with Gasteiger partial charge >= 0.3 is 0 Å². The number of aryl methyl sites for hydroxylation is 1. The summed E-state index contributed by atoms with van der Waals surface area (Å²) in [4.78, 5) is 25.8. The lowest BCUT2D eigenvalue weighted by Crippen LogP contribution is -2.34. The van der Waals surface area contributed by atoms with Crippen LogP contribution in [-0.2, 0) is 9.59 Å². The number of benzene rings is 2. The molecule has 0 saturated carbocycles. The smallest absolute Gasteiger partial charge is 0.224 e. The van der Waals surface area contributed by atoms with Gasteiger partial charge in [0.15, 0.2) is 0 Å². The summed E-state index contributed by atoms with van der Waals surface area (Å²) in [5.74, 6) is 0.576. The van der Waals surface area contributed by atoms with Gasteiger partial charge in [0.25, 0.3) is 0 Å². The Morgan fingerprint density at radius 3 is 2.36 bits per heavy atom. The molecule has 28 heavy (non-hydrogen) atoms. The third-order valence-corrected chi connectivity index (χ3v) is 4.63. The van der Waals surface area contributed by atoms with Crippen molar-refractivity contribution in [3.05, 3.63) is 64.7 Å². The SMILES string of the molecule is CC(=O)NC(CC(=O)N(C)CCCOc1ccc(Cl)cc1)c1ccc(C)cc1. The molecule has 0 radical (unpaired) electrons. The lowest BCUT2D eigenvalue weighted by Gasteiger charge is -2.23. The first kappa shape index (κ1) is 21.8. The molecule has 1 N–H and O–H groups in total. The Kier molecular flexibility index (Phi) is 8.33. The first-order valence-electron chi connectivity index (χ1n) is 9.31. The third-order valence-electron chi connectivity index (χ3n) is 4.38. The predicted octanol–water partition coefficient (Wildman–Crippen LogP) is 4.14. The quantitative estimate of drug-likeness (QED) is 0.641. The van der Waals surface area contributed by atoms with Crippen LogP contribution in [-0.4, -0.2) is 36.9 Å². The molecule has 1 unspecified atom stereocenters. The van der Waals surface area contributed by atoms with E-state index in [2.05, 4.69) is 5.32 Å². The molecule has 0 aromatic heterocycles. The highest BCUT2D eigenvalue weighted by molar-refractivity contribution is 6.30. The molecule has 150 valence electrons. The van der Waals surface area contributed by atoms with Crippen LogP contribution in [0.1, 0.15) is 36.9 Å². The molecule has 2 aromatic carbocycles. The van der Waals surface area contributed by atoms with Crippen molar-refractivity contribution in [2.24, 2.45) is 0 Å². The van der Waals surface area contributed by atoms with Crippen LogP contribution in [0.2, 0.25) is 5.02 Å². The van der Waals surface area contributed by atoms with Crippen LogP contribution < -0.4 is 10.1 Å². The molecule has 0 fully saturated rings. The maximum atomic E-state index is 12.6. The van der Waals surface area contributed by atoms with Crippen LogP contribution in [0.4, 0.5) is 0 Å². The van der Waals surface area contributed by atoms with Crippen molar-refractivity contribution in [1.29, 1.82) is 0 Å². The Labute approximate surface area is 171 Å². The van der Waals surface area contributed by atoms with Gasteiger partial charge in [-0.2, -0.15) is 0 Å². The van der Waals surface area contributed by atoms with E-state index in [1.165, 1.54) is 6.92 Å². The monoisotopic (exact) mass is 402 g/mol. The molecule has 0 aliphatic heterocycles. The van der Waals surface area contributed by atoms with E-state index in [-0.39, 0.29) is 24.3 Å². The van der Waals surface area contributed by atoms with Gasteiger partial charge in [0.05, 0.1) is 19.1 Å². The molecule has 5 nitrogen and oxygen atoms in total. The maximum absolute atomic E-state index is 12.6. The minimum Gasteiger partial charge on any atom is -0.494 e. The minimum atomic E-state index is -0.335. The van der Waals surface area contributed by atoms with Crippen molar-refractivity contribution in [2.75, 3.05) is 20.2 Å². The van der Waals surface area contributed by atoms with Crippen LogP contribution in [0, 0.1) is 6.92 Å². The van der Waals surface area contributed by atoms with E-state index < -0.39 is 0 Å². The van der Waals surface area contributed by atoms with Crippen molar-refractivity contribution in [1.82, 2.24) is 10.2 Å². The predicted molar refractivity (Wildman–Crippen MR) is 112 cm³/mol. The number of halogens is 1. The van der Waals surface area contributed by atoms with Crippen molar-refractivity contribution >= 4 is 23.4 Å². The molecule has 2 aromatic rings. The van der Waals surface area contributed by atoms with Crippen LogP contribution in [0.3, 0.4) is 0 Å². The average molecular weight is 403 g/mol. The number of rotatable bonds is 9. The third kappa shape index (κ3) is 7.24. The lowest BCUT2D eigenvalue weighted by molar-refractivity contribution is -0.130. The maximum Gasteiger partial charge on any atom is 0.224 e. The largest absolute Gasteiger partial charge is 0.494 e. The van der Waals surface area contributed by atoms with E-state index in [0.717, 1.165) is 16.9 Å². The zero-order valence-electron chi connectivity index (χ0n) is 16.6. The molecule has 0 heterocycles. The van der Waals surface area contributed by atoms with Gasteiger partial charge in [-0.3, -0.25) is 9.59 Å². The Morgan fingerprint density at radius 1 is 1.11 bits per heavy atom. The summed E-state index contributed by atoms with van der Waals surface area (Å²) >= 11 is 5.85. The highest BCUT2D eigenvalue weighted by Gasteiger charge is 2.19. The van der Waals surface area contributed by atoms with Gasteiger partial charge in [-0.15, -0.1) is 0 Å². The molecule has 0 aliphatic rings. The first-order chi connectivity index (χ1) is 13.3. The lowest BCUT2D eigenvalue weighted by atomic mass is 10.0.